The van der Waals surface area contributed by atoms with Crippen molar-refractivity contribution >= 4 is 11.8 Å². The number of amides is 2. The van der Waals surface area contributed by atoms with E-state index >= 15 is 0 Å². The zero-order valence-electron chi connectivity index (χ0n) is 15.4. The third kappa shape index (κ3) is 5.71. The van der Waals surface area contributed by atoms with Gasteiger partial charge in [-0.05, 0) is 23.8 Å². The summed E-state index contributed by atoms with van der Waals surface area (Å²) in [7, 11) is 0. The maximum absolute atomic E-state index is 12.1. The molecule has 3 aromatic rings. The fraction of sp³-hybridized carbons (Fsp3) is 0.130. The van der Waals surface area contributed by atoms with Crippen molar-refractivity contribution in [3.05, 3.63) is 102 Å². The molecule has 0 atom stereocenters. The Kier molecular flexibility index (Phi) is 6.79. The quantitative estimate of drug-likeness (QED) is 0.636. The molecule has 5 heteroatoms. The van der Waals surface area contributed by atoms with Crippen LogP contribution in [-0.4, -0.2) is 18.4 Å². The molecule has 0 unspecified atom stereocenters. The minimum atomic E-state index is -0.276. The number of rotatable bonds is 8. The summed E-state index contributed by atoms with van der Waals surface area (Å²) in [5.74, 6) is 0.185. The Labute approximate surface area is 164 Å². The second-order valence-corrected chi connectivity index (χ2v) is 6.21. The molecule has 0 saturated heterocycles. The lowest BCUT2D eigenvalue weighted by atomic mass is 10.2. The average Bonchev–Trinajstić information content (AvgIpc) is 2.76. The maximum Gasteiger partial charge on any atom is 0.251 e. The van der Waals surface area contributed by atoms with Gasteiger partial charge in [-0.1, -0.05) is 66.7 Å². The first-order valence-electron chi connectivity index (χ1n) is 9.07. The van der Waals surface area contributed by atoms with Crippen molar-refractivity contribution in [3.8, 4) is 5.75 Å². The standard InChI is InChI=1S/C23H22N2O3/c26-22(16-25-23(27)19-11-5-2-6-12-19)24-15-20-13-7-8-14-21(20)28-17-18-9-3-1-4-10-18/h1-14H,15-17H2,(H,24,26)(H,25,27). The van der Waals surface area contributed by atoms with E-state index in [2.05, 4.69) is 10.6 Å². The van der Waals surface area contributed by atoms with Gasteiger partial charge in [0.05, 0.1) is 6.54 Å². The smallest absolute Gasteiger partial charge is 0.251 e. The third-order valence-corrected chi connectivity index (χ3v) is 4.13. The molecular formula is C23H22N2O3. The lowest BCUT2D eigenvalue weighted by molar-refractivity contribution is -0.120. The van der Waals surface area contributed by atoms with Crippen molar-refractivity contribution in [2.45, 2.75) is 13.2 Å². The number of ether oxygens (including phenoxy) is 1. The molecule has 0 aliphatic carbocycles. The molecule has 2 N–H and O–H groups in total. The van der Waals surface area contributed by atoms with Gasteiger partial charge in [0, 0.05) is 17.7 Å². The van der Waals surface area contributed by atoms with Crippen molar-refractivity contribution < 1.29 is 14.3 Å². The average molecular weight is 374 g/mol. The molecule has 3 rings (SSSR count). The molecule has 5 nitrogen and oxygen atoms in total. The molecule has 0 aliphatic rings. The Balaban J connectivity index is 1.48. The Morgan fingerprint density at radius 1 is 0.750 bits per heavy atom. The molecular weight excluding hydrogens is 352 g/mol. The zero-order chi connectivity index (χ0) is 19.6. The largest absolute Gasteiger partial charge is 0.489 e. The van der Waals surface area contributed by atoms with Crippen LogP contribution >= 0.6 is 0 Å². The van der Waals surface area contributed by atoms with Gasteiger partial charge < -0.3 is 15.4 Å². The molecule has 0 aliphatic heterocycles. The summed E-state index contributed by atoms with van der Waals surface area (Å²) in [5.41, 5.74) is 2.47. The van der Waals surface area contributed by atoms with Crippen LogP contribution in [0.25, 0.3) is 0 Å². The van der Waals surface area contributed by atoms with E-state index < -0.39 is 0 Å². The van der Waals surface area contributed by atoms with Gasteiger partial charge in [0.2, 0.25) is 5.91 Å². The fourth-order valence-corrected chi connectivity index (χ4v) is 2.63. The number of nitrogens with one attached hydrogen (secondary N) is 2. The maximum atomic E-state index is 12.1. The zero-order valence-corrected chi connectivity index (χ0v) is 15.4. The summed E-state index contributed by atoms with van der Waals surface area (Å²) in [6, 6.07) is 26.3. The van der Waals surface area contributed by atoms with Crippen LogP contribution in [0, 0.1) is 0 Å². The Morgan fingerprint density at radius 2 is 1.39 bits per heavy atom. The van der Waals surface area contributed by atoms with E-state index in [1.54, 1.807) is 24.3 Å². The Hall–Kier alpha value is -3.60. The van der Waals surface area contributed by atoms with Crippen molar-refractivity contribution in [3.63, 3.8) is 0 Å². The minimum absolute atomic E-state index is 0.0826. The number of hydrogen-bond acceptors (Lipinski definition) is 3. The second kappa shape index (κ2) is 9.92. The molecule has 0 saturated carbocycles. The van der Waals surface area contributed by atoms with Gasteiger partial charge in [-0.3, -0.25) is 9.59 Å². The van der Waals surface area contributed by atoms with E-state index in [-0.39, 0.29) is 18.4 Å². The van der Waals surface area contributed by atoms with E-state index in [4.69, 9.17) is 4.74 Å². The van der Waals surface area contributed by atoms with Gasteiger partial charge in [-0.15, -0.1) is 0 Å². The second-order valence-electron chi connectivity index (χ2n) is 6.21. The highest BCUT2D eigenvalue weighted by molar-refractivity contribution is 5.96. The molecule has 0 bridgehead atoms. The molecule has 142 valence electrons. The highest BCUT2D eigenvalue weighted by Crippen LogP contribution is 2.19. The topological polar surface area (TPSA) is 67.4 Å². The van der Waals surface area contributed by atoms with E-state index in [1.807, 2.05) is 60.7 Å². The number of para-hydroxylation sites is 1. The number of carbonyl (C=O) groups excluding carboxylic acids is 2. The summed E-state index contributed by atoms with van der Waals surface area (Å²) in [4.78, 5) is 24.1. The van der Waals surface area contributed by atoms with Gasteiger partial charge >= 0.3 is 0 Å². The van der Waals surface area contributed by atoms with Crippen molar-refractivity contribution in [1.29, 1.82) is 0 Å². The van der Waals surface area contributed by atoms with Gasteiger partial charge in [0.1, 0.15) is 12.4 Å². The van der Waals surface area contributed by atoms with E-state index in [0.717, 1.165) is 16.9 Å². The van der Waals surface area contributed by atoms with Crippen LogP contribution in [0.4, 0.5) is 0 Å². The molecule has 0 fully saturated rings. The van der Waals surface area contributed by atoms with E-state index in [0.29, 0.717) is 18.7 Å². The lowest BCUT2D eigenvalue weighted by Gasteiger charge is -2.12. The Morgan fingerprint density at radius 3 is 2.14 bits per heavy atom. The van der Waals surface area contributed by atoms with Crippen molar-refractivity contribution in [1.82, 2.24) is 10.6 Å². The van der Waals surface area contributed by atoms with Crippen LogP contribution in [0.5, 0.6) is 5.75 Å². The summed E-state index contributed by atoms with van der Waals surface area (Å²) < 4.78 is 5.89. The first kappa shape index (κ1) is 19.2. The van der Waals surface area contributed by atoms with Crippen LogP contribution in [0.1, 0.15) is 21.5 Å². The molecule has 3 aromatic carbocycles. The number of carbonyl (C=O) groups is 2. The van der Waals surface area contributed by atoms with Crippen LogP contribution < -0.4 is 15.4 Å². The van der Waals surface area contributed by atoms with Gasteiger partial charge in [0.25, 0.3) is 5.91 Å². The van der Waals surface area contributed by atoms with E-state index in [9.17, 15) is 9.59 Å². The summed E-state index contributed by atoms with van der Waals surface area (Å²) in [6.45, 7) is 0.699. The summed E-state index contributed by atoms with van der Waals surface area (Å²) in [6.07, 6.45) is 0. The lowest BCUT2D eigenvalue weighted by Crippen LogP contribution is -2.36. The van der Waals surface area contributed by atoms with Crippen molar-refractivity contribution in [2.24, 2.45) is 0 Å². The molecule has 2 amide bonds. The first-order valence-corrected chi connectivity index (χ1v) is 9.07. The predicted octanol–water partition coefficient (Wildman–Crippen LogP) is 3.31. The van der Waals surface area contributed by atoms with Crippen LogP contribution in [0.2, 0.25) is 0 Å². The van der Waals surface area contributed by atoms with Crippen LogP contribution in [0.15, 0.2) is 84.9 Å². The highest BCUT2D eigenvalue weighted by Gasteiger charge is 2.09. The van der Waals surface area contributed by atoms with Gasteiger partial charge in [-0.25, -0.2) is 0 Å². The van der Waals surface area contributed by atoms with E-state index in [1.165, 1.54) is 0 Å². The number of benzene rings is 3. The predicted molar refractivity (Wildman–Crippen MR) is 108 cm³/mol. The van der Waals surface area contributed by atoms with Gasteiger partial charge in [0.15, 0.2) is 0 Å². The number of hydrogen-bond donors (Lipinski definition) is 2. The van der Waals surface area contributed by atoms with Crippen LogP contribution in [-0.2, 0) is 17.9 Å². The molecule has 0 radical (unpaired) electrons. The fourth-order valence-electron chi connectivity index (χ4n) is 2.63. The first-order chi connectivity index (χ1) is 13.7. The monoisotopic (exact) mass is 374 g/mol. The molecule has 0 aromatic heterocycles. The van der Waals surface area contributed by atoms with Crippen molar-refractivity contribution in [2.75, 3.05) is 6.54 Å². The minimum Gasteiger partial charge on any atom is -0.489 e. The summed E-state index contributed by atoms with van der Waals surface area (Å²) >= 11 is 0. The SMILES string of the molecule is O=C(CNC(=O)c1ccccc1)NCc1ccccc1OCc1ccccc1. The highest BCUT2D eigenvalue weighted by atomic mass is 16.5. The van der Waals surface area contributed by atoms with Crippen LogP contribution in [0.3, 0.4) is 0 Å². The normalized spacial score (nSPS) is 10.1. The van der Waals surface area contributed by atoms with Gasteiger partial charge in [-0.2, -0.15) is 0 Å². The third-order valence-electron chi connectivity index (χ3n) is 4.13. The Bertz CT molecular complexity index is 911. The molecule has 28 heavy (non-hydrogen) atoms. The summed E-state index contributed by atoms with van der Waals surface area (Å²) in [5, 5.41) is 5.42. The molecule has 0 heterocycles. The molecule has 0 spiro atoms.